The van der Waals surface area contributed by atoms with Gasteiger partial charge in [-0.15, -0.1) is 68.0 Å². The van der Waals surface area contributed by atoms with Crippen molar-refractivity contribution in [1.29, 1.82) is 5.26 Å². The topological polar surface area (TPSA) is 170 Å². The fourth-order valence-corrected chi connectivity index (χ4v) is 22.2. The van der Waals surface area contributed by atoms with Crippen molar-refractivity contribution in [3.8, 4) is 39.8 Å². The van der Waals surface area contributed by atoms with Crippen LogP contribution in [0.25, 0.3) is 71.1 Å². The molecule has 18 heteroatoms. The maximum absolute atomic E-state index is 14.5. The summed E-state index contributed by atoms with van der Waals surface area (Å²) in [7, 11) is 0. The largest absolute Gasteiger partial charge is 0.494 e. The third-order valence-electron chi connectivity index (χ3n) is 23.0. The molecule has 12 nitrogen and oxygen atoms in total. The maximum atomic E-state index is 14.5. The zero-order valence-electron chi connectivity index (χ0n) is 71.0. The number of carbonyl (C=O) groups excluding carboxylic acids is 3. The Kier molecular flexibility index (Phi) is 36.4. The standard InChI is InChI=1S/C58H76N2O4S4.C27H37NOS2.C10H18O4/c1-9-17-21-35(13-5)29-41-39-25-27-66-55(39)52(64-34-38(16-8)24-20-12-4)44-32-46(67-54(41)44)50-48-47(57(61)60-50)49(59-58(48)62)45-31-43-42(30-36(14-6)22-18-10-2)53-40(26-28-65-53)51(56(43)68-45)63-33-37(15-7)23-19-11-3;1-5-9-11-19(7-3)15-23-22-13-14-30-27(22)25(24-16-21(17-28)31-26(23)24)29-18-20(8-4)12-10-6-2;1-7(2)13-9(11)5-6-10(12)14-8(3)4/h25-28,31-32,35-38,59,62H,9-24,29-30,33-34H2,1-8H3;13-14,16,19-20H,5-12,15,18H2,1-4H3;7-8H,5-6H2,1-4H3. The maximum Gasteiger partial charge on any atom is 0.306 e. The van der Waals surface area contributed by atoms with Gasteiger partial charge in [0.1, 0.15) is 28.2 Å². The summed E-state index contributed by atoms with van der Waals surface area (Å²) in [5, 5.41) is 35.6. The average molecular weight is 1650 g/mol. The number of fused-ring (bicyclic) bond motifs is 7. The summed E-state index contributed by atoms with van der Waals surface area (Å²) in [4.78, 5) is 47.3. The van der Waals surface area contributed by atoms with Crippen LogP contribution in [-0.2, 0) is 38.3 Å². The van der Waals surface area contributed by atoms with Crippen LogP contribution in [0, 0.1) is 46.8 Å². The molecule has 1 aliphatic heterocycles. The van der Waals surface area contributed by atoms with Gasteiger partial charge in [-0.05, 0) is 171 Å². The van der Waals surface area contributed by atoms with Gasteiger partial charge in [0.2, 0.25) is 0 Å². The molecule has 0 spiro atoms. The third-order valence-corrected chi connectivity index (χ3v) is 29.2. The zero-order valence-corrected chi connectivity index (χ0v) is 75.9. The SMILES string of the molecule is CC(C)OC(=O)CCC(=O)OC(C)C.CCCCC(CC)COc1c2cc(C#N)sc2c(CC(CC)CCCC)c2ccsc12.CCCCC(CC)COc1c2cc(C3=NC(=O)c4c(-c5cc6c(CC(CC)CCCC)c7sccc7c(OCC(CC)CCCC)c6s5)[nH]c(O)c43)sc2c(CC(CC)CCCC)c2ccsc12. The van der Waals surface area contributed by atoms with E-state index in [1.807, 2.05) is 11.3 Å². The van der Waals surface area contributed by atoms with Crippen LogP contribution in [0.5, 0.6) is 23.1 Å². The van der Waals surface area contributed by atoms with Crippen LogP contribution in [0.1, 0.15) is 320 Å². The Balaban J connectivity index is 0.000000266. The summed E-state index contributed by atoms with van der Waals surface area (Å²) in [6, 6.07) is 15.7. The number of thiophene rings is 6. The summed E-state index contributed by atoms with van der Waals surface area (Å²) in [5.41, 5.74) is 6.34. The van der Waals surface area contributed by atoms with Crippen molar-refractivity contribution < 1.29 is 43.2 Å². The number of aliphatic imine (C=N–C) groups is 1. The predicted molar refractivity (Wildman–Crippen MR) is 487 cm³/mol. The number of amides is 1. The fraction of sp³-hybridized carbons (Fsp3) is 0.589. The number of aromatic nitrogens is 1. The van der Waals surface area contributed by atoms with Crippen LogP contribution in [0.15, 0.2) is 57.5 Å². The van der Waals surface area contributed by atoms with Gasteiger partial charge >= 0.3 is 11.9 Å². The lowest BCUT2D eigenvalue weighted by molar-refractivity contribution is -0.154. The van der Waals surface area contributed by atoms with E-state index >= 15 is 0 Å². The Morgan fingerprint density at radius 2 is 0.823 bits per heavy atom. The molecule has 0 bridgehead atoms. The van der Waals surface area contributed by atoms with Crippen LogP contribution in [-0.4, -0.2) is 65.7 Å². The highest BCUT2D eigenvalue weighted by Crippen LogP contribution is 2.53. The van der Waals surface area contributed by atoms with Gasteiger partial charge in [0.25, 0.3) is 5.91 Å². The molecule has 11 rings (SSSR count). The normalized spacial score (nSPS) is 13.8. The Hall–Kier alpha value is -6.33. The van der Waals surface area contributed by atoms with Gasteiger partial charge in [0.05, 0.1) is 91.3 Å². The van der Waals surface area contributed by atoms with E-state index in [1.165, 1.54) is 171 Å². The number of esters is 2. The first-order valence-corrected chi connectivity index (χ1v) is 48.5. The molecule has 616 valence electrons. The molecule has 0 aliphatic carbocycles. The molecule has 0 saturated carbocycles. The second-order valence-corrected chi connectivity index (χ2v) is 38.0. The number of H-pyrrole nitrogens is 1. The van der Waals surface area contributed by atoms with Crippen molar-refractivity contribution in [2.75, 3.05) is 19.8 Å². The van der Waals surface area contributed by atoms with Crippen molar-refractivity contribution in [1.82, 2.24) is 4.98 Å². The van der Waals surface area contributed by atoms with Crippen molar-refractivity contribution in [2.45, 2.75) is 309 Å². The molecule has 7 aromatic heterocycles. The van der Waals surface area contributed by atoms with E-state index in [0.29, 0.717) is 71.3 Å². The van der Waals surface area contributed by atoms with Gasteiger partial charge in [0, 0.05) is 46.4 Å². The molecule has 10 aromatic rings. The van der Waals surface area contributed by atoms with Crippen LogP contribution in [0.2, 0.25) is 0 Å². The smallest absolute Gasteiger partial charge is 0.306 e. The van der Waals surface area contributed by atoms with Crippen molar-refractivity contribution in [3.05, 3.63) is 90.1 Å². The van der Waals surface area contributed by atoms with Crippen molar-refractivity contribution >= 4 is 152 Å². The highest BCUT2D eigenvalue weighted by molar-refractivity contribution is 7.24. The van der Waals surface area contributed by atoms with E-state index in [9.17, 15) is 24.8 Å². The third kappa shape index (κ3) is 23.1. The monoisotopic (exact) mass is 1650 g/mol. The highest BCUT2D eigenvalue weighted by atomic mass is 32.1. The molecule has 0 fully saturated rings. The first-order valence-electron chi connectivity index (χ1n) is 43.4. The van der Waals surface area contributed by atoms with Crippen molar-refractivity contribution in [3.63, 3.8) is 0 Å². The number of hydrogen-bond acceptors (Lipinski definition) is 16. The molecule has 1 amide bonds. The van der Waals surface area contributed by atoms with Gasteiger partial charge in [0.15, 0.2) is 5.88 Å². The van der Waals surface area contributed by atoms with E-state index in [1.54, 1.807) is 84.4 Å². The number of nitrogens with one attached hydrogen (secondary N) is 1. The number of ether oxygens (including phenoxy) is 5. The lowest BCUT2D eigenvalue weighted by Gasteiger charge is -2.19. The Labute approximate surface area is 699 Å². The van der Waals surface area contributed by atoms with Gasteiger partial charge < -0.3 is 33.8 Å². The quantitative estimate of drug-likeness (QED) is 0.0350. The van der Waals surface area contributed by atoms with Crippen LogP contribution in [0.4, 0.5) is 0 Å². The van der Waals surface area contributed by atoms with E-state index in [2.05, 4.69) is 147 Å². The average Bonchev–Trinajstić information content (AvgIpc) is 1.57. The molecule has 3 aromatic carbocycles. The van der Waals surface area contributed by atoms with Crippen LogP contribution in [0.3, 0.4) is 0 Å². The second kappa shape index (κ2) is 45.4. The van der Waals surface area contributed by atoms with Gasteiger partial charge in [-0.2, -0.15) is 5.26 Å². The number of rotatable bonds is 46. The first kappa shape index (κ1) is 90.6. The minimum atomic E-state index is -0.360. The molecule has 113 heavy (non-hydrogen) atoms. The minimum Gasteiger partial charge on any atom is -0.494 e. The highest BCUT2D eigenvalue weighted by Gasteiger charge is 2.37. The second-order valence-electron chi connectivity index (χ2n) is 32.1. The van der Waals surface area contributed by atoms with Crippen molar-refractivity contribution in [2.24, 2.45) is 40.5 Å². The molecule has 2 N–H and O–H groups in total. The fourth-order valence-electron chi connectivity index (χ4n) is 15.9. The molecule has 1 aliphatic rings. The Morgan fingerprint density at radius 1 is 0.451 bits per heavy atom. The van der Waals surface area contributed by atoms with Gasteiger partial charge in [-0.25, -0.2) is 4.99 Å². The Bertz CT molecular complexity index is 4730. The number of carbonyl (C=O) groups is 3. The summed E-state index contributed by atoms with van der Waals surface area (Å²) < 4.78 is 37.6. The van der Waals surface area contributed by atoms with E-state index < -0.39 is 0 Å². The first-order chi connectivity index (χ1) is 54.8. The number of aromatic amines is 1. The summed E-state index contributed by atoms with van der Waals surface area (Å²) in [6.07, 6.45) is 31.7. The molecule has 6 atom stereocenters. The lowest BCUT2D eigenvalue weighted by atomic mass is 9.90. The zero-order chi connectivity index (χ0) is 81.3. The molecular formula is C95H131N3O9S6. The number of benzene rings is 3. The predicted octanol–water partition coefficient (Wildman–Crippen LogP) is 30.0. The van der Waals surface area contributed by atoms with Gasteiger partial charge in [-0.1, -0.05) is 218 Å². The van der Waals surface area contributed by atoms with Crippen LogP contribution >= 0.6 is 68.0 Å². The molecular weight excluding hydrogens is 1520 g/mol. The number of nitriles is 1. The van der Waals surface area contributed by atoms with E-state index in [4.69, 9.17) is 28.7 Å². The van der Waals surface area contributed by atoms with E-state index in [-0.39, 0.29) is 48.8 Å². The summed E-state index contributed by atoms with van der Waals surface area (Å²) in [6.45, 7) is 36.6. The van der Waals surface area contributed by atoms with Gasteiger partial charge in [-0.3, -0.25) is 14.4 Å². The number of nitrogens with zero attached hydrogens (tertiary/aromatic N) is 2. The molecule has 8 heterocycles. The molecule has 0 radical (unpaired) electrons. The number of aromatic hydroxyl groups is 1. The lowest BCUT2D eigenvalue weighted by Crippen LogP contribution is -2.16. The number of hydrogen-bond donors (Lipinski definition) is 2. The summed E-state index contributed by atoms with van der Waals surface area (Å²) in [5.74, 6) is 5.30. The number of unbranched alkanes of at least 4 members (excludes halogenated alkanes) is 6. The molecule has 0 saturated heterocycles. The minimum absolute atomic E-state index is 0.00970. The Morgan fingerprint density at radius 3 is 1.24 bits per heavy atom. The van der Waals surface area contributed by atoms with Crippen LogP contribution < -0.4 is 14.2 Å². The molecule has 6 unspecified atom stereocenters. The summed E-state index contributed by atoms with van der Waals surface area (Å²) >= 11 is 10.4. The van der Waals surface area contributed by atoms with E-state index in [0.717, 1.165) is 118 Å².